The number of carboxylic acids is 1. The van der Waals surface area contributed by atoms with Crippen LogP contribution in [0.2, 0.25) is 0 Å². The van der Waals surface area contributed by atoms with Gasteiger partial charge in [0.15, 0.2) is 27.2 Å². The van der Waals surface area contributed by atoms with E-state index in [0.29, 0.717) is 5.69 Å². The minimum Gasteiger partial charge on any atom is -0.480 e. The SMILES string of the molecule is C[C@]1(COC(=O)NC(N)=NCCN)[C@H](C(=O)O)N2C(=O)C(=Cc3ccccn3)[C@H]2S1(=O)=O. The number of guanidine groups is 1. The maximum Gasteiger partial charge on any atom is 0.413 e. The van der Waals surface area contributed by atoms with Crippen molar-refractivity contribution in [2.75, 3.05) is 19.7 Å². The Morgan fingerprint density at radius 3 is 2.75 bits per heavy atom. The highest BCUT2D eigenvalue weighted by molar-refractivity contribution is 7.94. The molecule has 2 amide bonds. The molecule has 0 aliphatic carbocycles. The lowest BCUT2D eigenvalue weighted by Crippen LogP contribution is -2.59. The Labute approximate surface area is 183 Å². The van der Waals surface area contributed by atoms with E-state index in [2.05, 4.69) is 15.3 Å². The number of aliphatic carboxylic acids is 1. The average Bonchev–Trinajstić information content (AvgIpc) is 2.91. The van der Waals surface area contributed by atoms with Gasteiger partial charge in [0, 0.05) is 12.7 Å². The Kier molecular flexibility index (Phi) is 6.18. The van der Waals surface area contributed by atoms with Crippen LogP contribution >= 0.6 is 0 Å². The predicted octanol–water partition coefficient (Wildman–Crippen LogP) is -1.73. The van der Waals surface area contributed by atoms with Gasteiger partial charge in [-0.2, -0.15) is 0 Å². The van der Waals surface area contributed by atoms with Crippen molar-refractivity contribution in [2.45, 2.75) is 23.1 Å². The van der Waals surface area contributed by atoms with E-state index in [4.69, 9.17) is 16.2 Å². The summed E-state index contributed by atoms with van der Waals surface area (Å²) >= 11 is 0. The minimum atomic E-state index is -4.32. The lowest BCUT2D eigenvalue weighted by molar-refractivity contribution is -0.153. The summed E-state index contributed by atoms with van der Waals surface area (Å²) in [5.41, 5.74) is 11.0. The molecule has 0 spiro atoms. The first-order valence-corrected chi connectivity index (χ1v) is 10.9. The highest BCUT2D eigenvalue weighted by Crippen LogP contribution is 2.49. The monoisotopic (exact) mass is 466 g/mol. The Hall–Kier alpha value is -3.52. The van der Waals surface area contributed by atoms with E-state index in [0.717, 1.165) is 11.8 Å². The van der Waals surface area contributed by atoms with E-state index < -0.39 is 50.6 Å². The third-order valence-corrected chi connectivity index (χ3v) is 7.87. The molecule has 14 heteroatoms. The molecule has 2 fully saturated rings. The third-order valence-electron chi connectivity index (χ3n) is 5.16. The van der Waals surface area contributed by atoms with Crippen LogP contribution in [-0.4, -0.2) is 83.2 Å². The maximum atomic E-state index is 13.3. The number of aliphatic imine (C=N–C) groups is 1. The van der Waals surface area contributed by atoms with E-state index in [-0.39, 0.29) is 24.6 Å². The van der Waals surface area contributed by atoms with Gasteiger partial charge < -0.3 is 26.2 Å². The Morgan fingerprint density at radius 2 is 2.16 bits per heavy atom. The molecule has 6 N–H and O–H groups in total. The molecule has 0 radical (unpaired) electrons. The van der Waals surface area contributed by atoms with Crippen molar-refractivity contribution >= 4 is 39.8 Å². The van der Waals surface area contributed by atoms with Crippen LogP contribution < -0.4 is 16.8 Å². The number of hydrogen-bond acceptors (Lipinski definition) is 9. The van der Waals surface area contributed by atoms with E-state index >= 15 is 0 Å². The van der Waals surface area contributed by atoms with Gasteiger partial charge in [-0.3, -0.25) is 20.1 Å². The van der Waals surface area contributed by atoms with Gasteiger partial charge in [0.1, 0.15) is 11.4 Å². The van der Waals surface area contributed by atoms with Crippen molar-refractivity contribution in [3.63, 3.8) is 0 Å². The van der Waals surface area contributed by atoms with Gasteiger partial charge in [-0.05, 0) is 25.1 Å². The van der Waals surface area contributed by atoms with Gasteiger partial charge in [-0.25, -0.2) is 18.0 Å². The van der Waals surface area contributed by atoms with Crippen molar-refractivity contribution in [3.8, 4) is 0 Å². The standard InChI is InChI=1S/C18H22N6O7S/c1-18(9-31-17(28)23-16(20)22-7-5-19)12(15(26)27)24-13(25)11(14(24)32(18,29)30)8-10-4-2-3-6-21-10/h2-4,6,8,12,14H,5,7,9,19H2,1H3,(H,26,27)(H3,20,22,23,28)/t12-,14+,18-/m0/s1. The van der Waals surface area contributed by atoms with Crippen molar-refractivity contribution in [1.29, 1.82) is 0 Å². The summed E-state index contributed by atoms with van der Waals surface area (Å²) in [6.07, 6.45) is 1.64. The first-order chi connectivity index (χ1) is 15.0. The summed E-state index contributed by atoms with van der Waals surface area (Å²) in [5, 5.41) is 10.3. The average molecular weight is 466 g/mol. The molecular formula is C18H22N6O7S. The van der Waals surface area contributed by atoms with Crippen LogP contribution in [-0.2, 0) is 24.2 Å². The summed E-state index contributed by atoms with van der Waals surface area (Å²) in [6.45, 7) is 0.612. The molecule has 2 aliphatic heterocycles. The molecule has 3 rings (SSSR count). The second kappa shape index (κ2) is 8.55. The number of nitrogens with one attached hydrogen (secondary N) is 1. The number of ether oxygens (including phenoxy) is 1. The molecule has 32 heavy (non-hydrogen) atoms. The van der Waals surface area contributed by atoms with Crippen LogP contribution in [0.15, 0.2) is 35.0 Å². The van der Waals surface area contributed by atoms with E-state index in [1.165, 1.54) is 12.3 Å². The van der Waals surface area contributed by atoms with Gasteiger partial charge in [0.05, 0.1) is 17.8 Å². The molecule has 1 aromatic rings. The van der Waals surface area contributed by atoms with Crippen molar-refractivity contribution < 1.29 is 32.6 Å². The number of carbonyl (C=O) groups excluding carboxylic acids is 2. The van der Waals surface area contributed by atoms with Crippen molar-refractivity contribution in [2.24, 2.45) is 16.5 Å². The minimum absolute atomic E-state index is 0.110. The number of nitrogens with two attached hydrogens (primary N) is 2. The highest BCUT2D eigenvalue weighted by atomic mass is 32.2. The number of fused-ring (bicyclic) bond motifs is 1. The van der Waals surface area contributed by atoms with Crippen molar-refractivity contribution in [3.05, 3.63) is 35.7 Å². The molecular weight excluding hydrogens is 444 g/mol. The molecule has 0 bridgehead atoms. The van der Waals surface area contributed by atoms with Gasteiger partial charge in [0.25, 0.3) is 5.91 Å². The first-order valence-electron chi connectivity index (χ1n) is 9.40. The van der Waals surface area contributed by atoms with Crippen LogP contribution in [0.3, 0.4) is 0 Å². The zero-order chi connectivity index (χ0) is 23.7. The number of pyridine rings is 1. The Bertz CT molecular complexity index is 1100. The molecule has 172 valence electrons. The van der Waals surface area contributed by atoms with Crippen molar-refractivity contribution in [1.82, 2.24) is 15.2 Å². The lowest BCUT2D eigenvalue weighted by atomic mass is 9.94. The van der Waals surface area contributed by atoms with Crippen LogP contribution in [0.5, 0.6) is 0 Å². The normalized spacial score (nSPS) is 27.6. The number of nitrogens with zero attached hydrogens (tertiary/aromatic N) is 3. The number of hydrogen-bond donors (Lipinski definition) is 4. The van der Waals surface area contributed by atoms with Crippen LogP contribution in [0.1, 0.15) is 12.6 Å². The zero-order valence-electron chi connectivity index (χ0n) is 17.0. The number of rotatable bonds is 6. The number of β-lactam (4-membered cyclic amide) rings is 1. The first kappa shape index (κ1) is 23.1. The second-order valence-corrected chi connectivity index (χ2v) is 9.74. The Balaban J connectivity index is 1.88. The molecule has 3 atom stereocenters. The Morgan fingerprint density at radius 1 is 1.44 bits per heavy atom. The van der Waals surface area contributed by atoms with Crippen LogP contribution in [0.4, 0.5) is 4.79 Å². The highest BCUT2D eigenvalue weighted by Gasteiger charge is 2.72. The van der Waals surface area contributed by atoms with E-state index in [1.807, 2.05) is 0 Å². The molecule has 0 aromatic carbocycles. The van der Waals surface area contributed by atoms with E-state index in [1.54, 1.807) is 18.2 Å². The molecule has 0 saturated carbocycles. The largest absolute Gasteiger partial charge is 0.480 e. The van der Waals surface area contributed by atoms with E-state index in [9.17, 15) is 27.9 Å². The quantitative estimate of drug-likeness (QED) is 0.161. The molecule has 3 heterocycles. The molecule has 13 nitrogen and oxygen atoms in total. The number of carbonyl (C=O) groups is 3. The summed E-state index contributed by atoms with van der Waals surface area (Å²) < 4.78 is 29.5. The summed E-state index contributed by atoms with van der Waals surface area (Å²) in [7, 11) is -4.32. The van der Waals surface area contributed by atoms with Crippen LogP contribution in [0.25, 0.3) is 6.08 Å². The van der Waals surface area contributed by atoms with Gasteiger partial charge >= 0.3 is 12.1 Å². The third kappa shape index (κ3) is 3.78. The zero-order valence-corrected chi connectivity index (χ0v) is 17.8. The second-order valence-electron chi connectivity index (χ2n) is 7.27. The van der Waals surface area contributed by atoms with Gasteiger partial charge in [-0.1, -0.05) is 6.07 Å². The van der Waals surface area contributed by atoms with Gasteiger partial charge in [0.2, 0.25) is 0 Å². The number of sulfone groups is 1. The summed E-state index contributed by atoms with van der Waals surface area (Å²) in [5.74, 6) is -2.59. The summed E-state index contributed by atoms with van der Waals surface area (Å²) in [4.78, 5) is 45.1. The topological polar surface area (TPSA) is 207 Å². The number of aromatic nitrogens is 1. The fourth-order valence-corrected chi connectivity index (χ4v) is 5.87. The number of amides is 2. The molecule has 0 unspecified atom stereocenters. The molecule has 2 aliphatic rings. The lowest BCUT2D eigenvalue weighted by Gasteiger charge is -2.37. The molecule has 1 aromatic heterocycles. The summed E-state index contributed by atoms with van der Waals surface area (Å²) in [6, 6.07) is 3.11. The molecule has 2 saturated heterocycles. The fraction of sp³-hybridized carbons (Fsp3) is 0.389. The smallest absolute Gasteiger partial charge is 0.413 e. The maximum absolute atomic E-state index is 13.3. The van der Waals surface area contributed by atoms with Gasteiger partial charge in [-0.15, -0.1) is 0 Å². The van der Waals surface area contributed by atoms with Crippen LogP contribution in [0, 0.1) is 0 Å². The number of carboxylic acid groups (broad SMARTS) is 1. The predicted molar refractivity (Wildman–Crippen MR) is 112 cm³/mol. The number of alkyl carbamates (subject to hydrolysis) is 1. The fourth-order valence-electron chi connectivity index (χ4n) is 3.59.